The standard InChI is InChI=1S/C9H12N2O4S/c1-9(2,3)15-11(5-12)6-4-10-7(16-6)8(13)14/h4-5H,1-3H3,(H,13,14). The summed E-state index contributed by atoms with van der Waals surface area (Å²) in [5, 5.41) is 9.91. The van der Waals surface area contributed by atoms with E-state index in [0.717, 1.165) is 16.4 Å². The van der Waals surface area contributed by atoms with E-state index in [2.05, 4.69) is 4.98 Å². The van der Waals surface area contributed by atoms with Crippen LogP contribution in [0.5, 0.6) is 0 Å². The molecule has 1 amide bonds. The molecule has 0 fully saturated rings. The minimum Gasteiger partial charge on any atom is -0.476 e. The number of hydrogen-bond acceptors (Lipinski definition) is 5. The zero-order chi connectivity index (χ0) is 12.3. The van der Waals surface area contributed by atoms with Crippen molar-refractivity contribution in [2.24, 2.45) is 0 Å². The van der Waals surface area contributed by atoms with E-state index in [9.17, 15) is 9.59 Å². The van der Waals surface area contributed by atoms with E-state index in [1.54, 1.807) is 20.8 Å². The van der Waals surface area contributed by atoms with Gasteiger partial charge in [0.05, 0.1) is 11.8 Å². The Hall–Kier alpha value is -1.47. The lowest BCUT2D eigenvalue weighted by molar-refractivity contribution is -0.120. The number of carbonyl (C=O) groups excluding carboxylic acids is 1. The lowest BCUT2D eigenvalue weighted by Crippen LogP contribution is -2.32. The first-order valence-electron chi connectivity index (χ1n) is 4.46. The summed E-state index contributed by atoms with van der Waals surface area (Å²) in [4.78, 5) is 30.4. The van der Waals surface area contributed by atoms with Gasteiger partial charge in [-0.15, -0.1) is 0 Å². The normalized spacial score (nSPS) is 11.2. The second-order valence-electron chi connectivity index (χ2n) is 3.94. The first kappa shape index (κ1) is 12.6. The van der Waals surface area contributed by atoms with Crippen molar-refractivity contribution in [2.45, 2.75) is 26.4 Å². The summed E-state index contributed by atoms with van der Waals surface area (Å²) in [5.74, 6) is -1.13. The fourth-order valence-electron chi connectivity index (χ4n) is 0.880. The van der Waals surface area contributed by atoms with Gasteiger partial charge in [-0.25, -0.2) is 9.78 Å². The van der Waals surface area contributed by atoms with Crippen LogP contribution in [0, 0.1) is 0 Å². The van der Waals surface area contributed by atoms with Crippen molar-refractivity contribution in [3.05, 3.63) is 11.2 Å². The van der Waals surface area contributed by atoms with Gasteiger partial charge >= 0.3 is 5.97 Å². The highest BCUT2D eigenvalue weighted by atomic mass is 32.1. The number of aromatic carboxylic acids is 1. The molecule has 0 bridgehead atoms. The van der Waals surface area contributed by atoms with Crippen LogP contribution in [0.1, 0.15) is 30.6 Å². The van der Waals surface area contributed by atoms with Crippen LogP contribution in [-0.2, 0) is 9.63 Å². The van der Waals surface area contributed by atoms with E-state index < -0.39 is 11.6 Å². The molecule has 1 N–H and O–H groups in total. The highest BCUT2D eigenvalue weighted by Gasteiger charge is 2.20. The molecule has 0 saturated carbocycles. The number of amides is 1. The smallest absolute Gasteiger partial charge is 0.365 e. The van der Waals surface area contributed by atoms with Gasteiger partial charge in [-0.05, 0) is 20.8 Å². The Morgan fingerprint density at radius 1 is 1.62 bits per heavy atom. The van der Waals surface area contributed by atoms with Gasteiger partial charge in [0.2, 0.25) is 11.4 Å². The summed E-state index contributed by atoms with van der Waals surface area (Å²) in [6, 6.07) is 0. The second kappa shape index (κ2) is 4.58. The SMILES string of the molecule is CC(C)(C)ON(C=O)c1cnc(C(=O)O)s1. The Bertz CT molecular complexity index is 396. The number of hydroxylamine groups is 1. The summed E-state index contributed by atoms with van der Waals surface area (Å²) in [6.45, 7) is 5.34. The number of aromatic nitrogens is 1. The van der Waals surface area contributed by atoms with Crippen molar-refractivity contribution in [1.29, 1.82) is 0 Å². The molecule has 16 heavy (non-hydrogen) atoms. The maximum absolute atomic E-state index is 10.8. The van der Waals surface area contributed by atoms with Crippen molar-refractivity contribution in [2.75, 3.05) is 5.06 Å². The average molecular weight is 244 g/mol. The molecule has 1 rings (SSSR count). The zero-order valence-electron chi connectivity index (χ0n) is 9.13. The predicted molar refractivity (Wildman–Crippen MR) is 58.5 cm³/mol. The van der Waals surface area contributed by atoms with Gasteiger partial charge in [-0.1, -0.05) is 11.3 Å². The van der Waals surface area contributed by atoms with Crippen LogP contribution < -0.4 is 5.06 Å². The molecule has 0 unspecified atom stereocenters. The van der Waals surface area contributed by atoms with Crippen LogP contribution in [0.4, 0.5) is 5.00 Å². The molecule has 0 saturated heterocycles. The van der Waals surface area contributed by atoms with Gasteiger partial charge < -0.3 is 5.11 Å². The largest absolute Gasteiger partial charge is 0.476 e. The molecule has 1 aromatic heterocycles. The molecule has 1 aromatic rings. The Balaban J connectivity index is 2.87. The molecular formula is C9H12N2O4S. The van der Waals surface area contributed by atoms with Crippen LogP contribution in [0.3, 0.4) is 0 Å². The summed E-state index contributed by atoms with van der Waals surface area (Å²) in [5.41, 5.74) is -0.547. The number of carboxylic acids is 1. The maximum atomic E-state index is 10.8. The van der Waals surface area contributed by atoms with Crippen molar-refractivity contribution in [3.8, 4) is 0 Å². The number of carboxylic acid groups (broad SMARTS) is 1. The van der Waals surface area contributed by atoms with Crippen molar-refractivity contribution >= 4 is 28.7 Å². The molecule has 7 heteroatoms. The Morgan fingerprint density at radius 3 is 2.62 bits per heavy atom. The third kappa shape index (κ3) is 3.28. The first-order chi connectivity index (χ1) is 7.33. The summed E-state index contributed by atoms with van der Waals surface area (Å²) in [7, 11) is 0. The monoisotopic (exact) mass is 244 g/mol. The number of rotatable bonds is 4. The number of nitrogens with zero attached hydrogens (tertiary/aromatic N) is 2. The molecule has 0 aliphatic rings. The van der Waals surface area contributed by atoms with E-state index in [-0.39, 0.29) is 5.01 Å². The minimum absolute atomic E-state index is 0.0839. The van der Waals surface area contributed by atoms with Crippen LogP contribution >= 0.6 is 11.3 Å². The number of anilines is 1. The topological polar surface area (TPSA) is 79.7 Å². The van der Waals surface area contributed by atoms with Crippen molar-refractivity contribution in [1.82, 2.24) is 4.98 Å². The summed E-state index contributed by atoms with van der Waals surface area (Å²) in [6.07, 6.45) is 1.76. The third-order valence-electron chi connectivity index (χ3n) is 1.36. The molecule has 0 aliphatic carbocycles. The lowest BCUT2D eigenvalue weighted by Gasteiger charge is -2.24. The molecule has 0 aromatic carbocycles. The highest BCUT2D eigenvalue weighted by molar-refractivity contribution is 7.17. The molecule has 88 valence electrons. The van der Waals surface area contributed by atoms with Crippen LogP contribution in [0.15, 0.2) is 6.20 Å². The van der Waals surface area contributed by atoms with Crippen molar-refractivity contribution < 1.29 is 19.5 Å². The minimum atomic E-state index is -1.13. The van der Waals surface area contributed by atoms with E-state index in [4.69, 9.17) is 9.94 Å². The number of hydrogen-bond donors (Lipinski definition) is 1. The van der Waals surface area contributed by atoms with Gasteiger partial charge in [0.1, 0.15) is 5.00 Å². The van der Waals surface area contributed by atoms with Gasteiger partial charge in [-0.2, -0.15) is 5.06 Å². The molecule has 1 heterocycles. The molecule has 0 atom stereocenters. The first-order valence-corrected chi connectivity index (χ1v) is 5.28. The lowest BCUT2D eigenvalue weighted by atomic mass is 10.2. The van der Waals surface area contributed by atoms with Crippen LogP contribution in [-0.4, -0.2) is 28.1 Å². The molecule has 6 nitrogen and oxygen atoms in total. The molecule has 0 spiro atoms. The van der Waals surface area contributed by atoms with E-state index in [1.165, 1.54) is 6.20 Å². The van der Waals surface area contributed by atoms with Gasteiger partial charge in [0.15, 0.2) is 0 Å². The fourth-order valence-corrected chi connectivity index (χ4v) is 1.55. The number of carbonyl (C=O) groups is 2. The molecular weight excluding hydrogens is 232 g/mol. The van der Waals surface area contributed by atoms with E-state index in [1.807, 2.05) is 0 Å². The second-order valence-corrected chi connectivity index (χ2v) is 4.95. The maximum Gasteiger partial charge on any atom is 0.365 e. The van der Waals surface area contributed by atoms with Gasteiger partial charge in [0.25, 0.3) is 0 Å². The molecule has 0 radical (unpaired) electrons. The van der Waals surface area contributed by atoms with E-state index >= 15 is 0 Å². The Morgan fingerprint density at radius 2 is 2.25 bits per heavy atom. The summed E-state index contributed by atoms with van der Waals surface area (Å²) >= 11 is 0.873. The quantitative estimate of drug-likeness (QED) is 0.641. The molecule has 0 aliphatic heterocycles. The Labute approximate surface area is 96.4 Å². The highest BCUT2D eigenvalue weighted by Crippen LogP contribution is 2.25. The van der Waals surface area contributed by atoms with Crippen molar-refractivity contribution in [3.63, 3.8) is 0 Å². The fraction of sp³-hybridized carbons (Fsp3) is 0.444. The summed E-state index contributed by atoms with van der Waals surface area (Å²) < 4.78 is 0. The average Bonchev–Trinajstić information content (AvgIpc) is 2.61. The zero-order valence-corrected chi connectivity index (χ0v) is 9.95. The van der Waals surface area contributed by atoms with Gasteiger partial charge in [0, 0.05) is 0 Å². The van der Waals surface area contributed by atoms with Crippen LogP contribution in [0.2, 0.25) is 0 Å². The number of thiazole rings is 1. The van der Waals surface area contributed by atoms with Gasteiger partial charge in [-0.3, -0.25) is 9.63 Å². The third-order valence-corrected chi connectivity index (χ3v) is 2.33. The Kier molecular flexibility index (Phi) is 3.61. The van der Waals surface area contributed by atoms with Crippen LogP contribution in [0.25, 0.3) is 0 Å². The van der Waals surface area contributed by atoms with E-state index in [0.29, 0.717) is 11.4 Å². The predicted octanol–water partition coefficient (Wildman–Crippen LogP) is 1.53.